The number of nitrogens with zero attached hydrogens (tertiary/aromatic N) is 2. The Labute approximate surface area is 173 Å². The van der Waals surface area contributed by atoms with Gasteiger partial charge in [0.1, 0.15) is 0 Å². The van der Waals surface area contributed by atoms with E-state index in [-0.39, 0.29) is 16.6 Å². The lowest BCUT2D eigenvalue weighted by molar-refractivity contribution is -0.388. The summed E-state index contributed by atoms with van der Waals surface area (Å²) in [6, 6.07) is 7.32. The van der Waals surface area contributed by atoms with Crippen LogP contribution >= 0.6 is 11.8 Å². The van der Waals surface area contributed by atoms with Crippen molar-refractivity contribution in [3.63, 3.8) is 0 Å². The van der Waals surface area contributed by atoms with Crippen LogP contribution in [-0.2, 0) is 22.2 Å². The Balaban J connectivity index is 1.67. The Bertz CT molecular complexity index is 1030. The fraction of sp³-hybridized carbons (Fsp3) is 0.263. The molecule has 2 aromatic rings. The lowest BCUT2D eigenvalue weighted by atomic mass is 10.1. The van der Waals surface area contributed by atoms with E-state index < -0.39 is 28.3 Å². The van der Waals surface area contributed by atoms with Gasteiger partial charge >= 0.3 is 6.18 Å². The highest BCUT2D eigenvalue weighted by atomic mass is 32.2. The monoisotopic (exact) mass is 439 g/mol. The second-order valence-electron chi connectivity index (χ2n) is 6.54. The van der Waals surface area contributed by atoms with Crippen LogP contribution in [0.4, 0.5) is 30.2 Å². The molecule has 7 nitrogen and oxygen atoms in total. The molecule has 0 radical (unpaired) electrons. The second kappa shape index (κ2) is 8.34. The average Bonchev–Trinajstić information content (AvgIpc) is 3.09. The zero-order valence-electron chi connectivity index (χ0n) is 15.7. The van der Waals surface area contributed by atoms with E-state index in [1.807, 2.05) is 0 Å². The lowest BCUT2D eigenvalue weighted by Gasteiger charge is -2.15. The largest absolute Gasteiger partial charge is 0.416 e. The van der Waals surface area contributed by atoms with Crippen LogP contribution in [0.3, 0.4) is 0 Å². The Morgan fingerprint density at radius 3 is 2.60 bits per heavy atom. The number of rotatable bonds is 5. The summed E-state index contributed by atoms with van der Waals surface area (Å²) in [5.41, 5.74) is 0.376. The molecule has 3 rings (SSSR count). The van der Waals surface area contributed by atoms with Crippen molar-refractivity contribution in [1.82, 2.24) is 0 Å². The minimum absolute atomic E-state index is 0.0331. The number of nitrogens with one attached hydrogen (secondary N) is 1. The van der Waals surface area contributed by atoms with Crippen LogP contribution in [0.5, 0.6) is 0 Å². The molecule has 30 heavy (non-hydrogen) atoms. The highest BCUT2D eigenvalue weighted by molar-refractivity contribution is 8.00. The third kappa shape index (κ3) is 4.73. The molecule has 1 heterocycles. The summed E-state index contributed by atoms with van der Waals surface area (Å²) in [5.74, 6) is -0.751. The number of carbonyl (C=O) groups is 2. The van der Waals surface area contributed by atoms with Crippen molar-refractivity contribution in [2.24, 2.45) is 0 Å². The predicted octanol–water partition coefficient (Wildman–Crippen LogP) is 4.25. The van der Waals surface area contributed by atoms with Crippen molar-refractivity contribution >= 4 is 40.6 Å². The topological polar surface area (TPSA) is 92.6 Å². The number of alkyl halides is 3. The first kappa shape index (κ1) is 21.6. The van der Waals surface area contributed by atoms with Crippen molar-refractivity contribution in [2.75, 3.05) is 22.5 Å². The van der Waals surface area contributed by atoms with Crippen molar-refractivity contribution in [3.8, 4) is 0 Å². The lowest BCUT2D eigenvalue weighted by Crippen LogP contribution is -2.25. The van der Waals surface area contributed by atoms with Crippen LogP contribution in [-0.4, -0.2) is 29.0 Å². The van der Waals surface area contributed by atoms with Crippen LogP contribution in [0, 0.1) is 10.1 Å². The summed E-state index contributed by atoms with van der Waals surface area (Å²) < 4.78 is 38.3. The number of benzene rings is 2. The van der Waals surface area contributed by atoms with E-state index in [1.54, 1.807) is 23.1 Å². The van der Waals surface area contributed by atoms with Gasteiger partial charge in [-0.2, -0.15) is 13.2 Å². The summed E-state index contributed by atoms with van der Waals surface area (Å²) in [5, 5.41) is 13.8. The van der Waals surface area contributed by atoms with E-state index in [4.69, 9.17) is 0 Å². The molecule has 1 N–H and O–H groups in total. The minimum Gasteiger partial charge on any atom is -0.325 e. The molecule has 0 spiro atoms. The molecule has 11 heteroatoms. The van der Waals surface area contributed by atoms with Gasteiger partial charge < -0.3 is 10.2 Å². The number of anilines is 2. The molecule has 1 aliphatic rings. The van der Waals surface area contributed by atoms with Crippen molar-refractivity contribution in [2.45, 2.75) is 24.4 Å². The number of halogens is 3. The van der Waals surface area contributed by atoms with Gasteiger partial charge in [-0.1, -0.05) is 0 Å². The highest BCUT2D eigenvalue weighted by Gasteiger charge is 2.33. The SMILES string of the molecule is CC(=O)N1CCc2cc(NC(=O)CSc3ccc(C(F)(F)F)cc3[N+](=O)[O-])ccc21. The van der Waals surface area contributed by atoms with Gasteiger partial charge in [-0.15, -0.1) is 11.8 Å². The van der Waals surface area contributed by atoms with Crippen LogP contribution in [0.25, 0.3) is 0 Å². The molecule has 0 atom stereocenters. The number of amides is 2. The van der Waals surface area contributed by atoms with E-state index >= 15 is 0 Å². The maximum absolute atomic E-state index is 12.8. The van der Waals surface area contributed by atoms with Gasteiger partial charge in [-0.3, -0.25) is 19.7 Å². The normalized spacial score (nSPS) is 13.1. The standard InChI is InChI=1S/C19H16F3N3O4S/c1-11(26)24-7-6-12-8-14(3-4-15(12)24)23-18(27)10-30-17-5-2-13(19(20,21)22)9-16(17)25(28)29/h2-5,8-9H,6-7,10H2,1H3,(H,23,27). The summed E-state index contributed by atoms with van der Waals surface area (Å²) in [4.78, 5) is 35.6. The van der Waals surface area contributed by atoms with Crippen molar-refractivity contribution < 1.29 is 27.7 Å². The Kier molecular flexibility index (Phi) is 6.01. The Morgan fingerprint density at radius 2 is 1.97 bits per heavy atom. The van der Waals surface area contributed by atoms with Crippen LogP contribution in [0.1, 0.15) is 18.1 Å². The predicted molar refractivity (Wildman–Crippen MR) is 106 cm³/mol. The van der Waals surface area contributed by atoms with Gasteiger partial charge in [-0.05, 0) is 42.3 Å². The number of nitro groups is 1. The molecule has 0 aromatic heterocycles. The average molecular weight is 439 g/mol. The molecule has 0 saturated carbocycles. The van der Waals surface area contributed by atoms with Crippen LogP contribution in [0.15, 0.2) is 41.3 Å². The number of carbonyl (C=O) groups excluding carboxylic acids is 2. The molecule has 0 saturated heterocycles. The molecular formula is C19H16F3N3O4S. The molecule has 0 fully saturated rings. The maximum atomic E-state index is 12.8. The first-order valence-electron chi connectivity index (χ1n) is 8.75. The Hall–Kier alpha value is -3.08. The third-order valence-corrected chi connectivity index (χ3v) is 5.54. The molecule has 2 aromatic carbocycles. The van der Waals surface area contributed by atoms with Crippen LogP contribution in [0.2, 0.25) is 0 Å². The zero-order valence-corrected chi connectivity index (χ0v) is 16.5. The zero-order chi connectivity index (χ0) is 22.1. The van der Waals surface area contributed by atoms with Gasteiger partial charge in [0, 0.05) is 30.9 Å². The number of hydrogen-bond donors (Lipinski definition) is 1. The van der Waals surface area contributed by atoms with E-state index in [9.17, 15) is 32.9 Å². The third-order valence-electron chi connectivity index (χ3n) is 4.48. The second-order valence-corrected chi connectivity index (χ2v) is 7.56. The summed E-state index contributed by atoms with van der Waals surface area (Å²) >= 11 is 0.778. The number of thioether (sulfide) groups is 1. The molecule has 0 unspecified atom stereocenters. The molecule has 0 aliphatic carbocycles. The fourth-order valence-electron chi connectivity index (χ4n) is 3.11. The van der Waals surface area contributed by atoms with Gasteiger partial charge in [0.05, 0.1) is 21.1 Å². The maximum Gasteiger partial charge on any atom is 0.416 e. The summed E-state index contributed by atoms with van der Waals surface area (Å²) in [7, 11) is 0. The first-order valence-corrected chi connectivity index (χ1v) is 9.74. The number of hydrogen-bond acceptors (Lipinski definition) is 5. The quantitative estimate of drug-likeness (QED) is 0.427. The fourth-order valence-corrected chi connectivity index (χ4v) is 3.91. The first-order chi connectivity index (χ1) is 14.1. The van der Waals surface area contributed by atoms with Gasteiger partial charge in [-0.25, -0.2) is 0 Å². The van der Waals surface area contributed by atoms with Crippen molar-refractivity contribution in [1.29, 1.82) is 0 Å². The molecule has 2 amide bonds. The summed E-state index contributed by atoms with van der Waals surface area (Å²) in [6.45, 7) is 2.04. The minimum atomic E-state index is -4.70. The van der Waals surface area contributed by atoms with E-state index in [0.29, 0.717) is 24.7 Å². The molecule has 1 aliphatic heterocycles. The van der Waals surface area contributed by atoms with Gasteiger partial charge in [0.25, 0.3) is 5.69 Å². The van der Waals surface area contributed by atoms with E-state index in [0.717, 1.165) is 35.1 Å². The van der Waals surface area contributed by atoms with Gasteiger partial charge in [0.2, 0.25) is 11.8 Å². The Morgan fingerprint density at radius 1 is 1.23 bits per heavy atom. The molecule has 0 bridgehead atoms. The van der Waals surface area contributed by atoms with Gasteiger partial charge in [0.15, 0.2) is 0 Å². The van der Waals surface area contributed by atoms with Crippen molar-refractivity contribution in [3.05, 3.63) is 57.6 Å². The highest BCUT2D eigenvalue weighted by Crippen LogP contribution is 2.36. The van der Waals surface area contributed by atoms with Crippen LogP contribution < -0.4 is 10.2 Å². The summed E-state index contributed by atoms with van der Waals surface area (Å²) in [6.07, 6.45) is -4.04. The van der Waals surface area contributed by atoms with E-state index in [2.05, 4.69) is 5.32 Å². The number of fused-ring (bicyclic) bond motifs is 1. The molecule has 158 valence electrons. The molecular weight excluding hydrogens is 423 g/mol. The van der Waals surface area contributed by atoms with E-state index in [1.165, 1.54) is 6.92 Å². The number of nitro benzene ring substituents is 1. The smallest absolute Gasteiger partial charge is 0.325 e.